The van der Waals surface area contributed by atoms with E-state index in [1.807, 2.05) is 31.2 Å². The summed E-state index contributed by atoms with van der Waals surface area (Å²) in [6.07, 6.45) is 2.71. The lowest BCUT2D eigenvalue weighted by atomic mass is 10.2. The molecule has 2 aromatic rings. The van der Waals surface area contributed by atoms with Crippen LogP contribution in [0, 0.1) is 6.92 Å². The molecule has 0 spiro atoms. The molecule has 0 amide bonds. The molecule has 0 fully saturated rings. The molecule has 0 unspecified atom stereocenters. The summed E-state index contributed by atoms with van der Waals surface area (Å²) < 4.78 is 0.979. The van der Waals surface area contributed by atoms with Gasteiger partial charge in [0.25, 0.3) is 0 Å². The third-order valence-corrected chi connectivity index (χ3v) is 4.16. The Morgan fingerprint density at radius 3 is 2.83 bits per heavy atom. The van der Waals surface area contributed by atoms with Gasteiger partial charge in [-0.3, -0.25) is 0 Å². The normalized spacial score (nSPS) is 11.0. The van der Waals surface area contributed by atoms with Crippen LogP contribution in [0.4, 0.5) is 0 Å². The Morgan fingerprint density at radius 1 is 1.44 bits per heavy atom. The van der Waals surface area contributed by atoms with Crippen molar-refractivity contribution in [3.8, 4) is 10.6 Å². The van der Waals surface area contributed by atoms with Crippen molar-refractivity contribution in [1.82, 2.24) is 4.98 Å². The maximum atomic E-state index is 10.5. The van der Waals surface area contributed by atoms with Crippen molar-refractivity contribution in [2.45, 2.75) is 6.92 Å². The highest BCUT2D eigenvalue weighted by molar-refractivity contribution is 9.10. The van der Waals surface area contributed by atoms with Crippen LogP contribution in [0.25, 0.3) is 16.6 Å². The van der Waals surface area contributed by atoms with Crippen molar-refractivity contribution in [3.05, 3.63) is 45.4 Å². The Balaban J connectivity index is 2.41. The number of hydrogen-bond donors (Lipinski definition) is 1. The molecule has 18 heavy (non-hydrogen) atoms. The van der Waals surface area contributed by atoms with Crippen LogP contribution in [0.1, 0.15) is 10.6 Å². The number of nitrogens with zero attached hydrogens (tertiary/aromatic N) is 1. The van der Waals surface area contributed by atoms with Crippen LogP contribution in [0.5, 0.6) is 0 Å². The maximum absolute atomic E-state index is 10.5. The third-order valence-electron chi connectivity index (χ3n) is 2.31. The fourth-order valence-electron chi connectivity index (χ4n) is 1.46. The van der Waals surface area contributed by atoms with Crippen LogP contribution in [0.2, 0.25) is 0 Å². The van der Waals surface area contributed by atoms with Crippen molar-refractivity contribution in [2.75, 3.05) is 0 Å². The van der Waals surface area contributed by atoms with Crippen molar-refractivity contribution >= 4 is 39.3 Å². The lowest BCUT2D eigenvalue weighted by Crippen LogP contribution is -1.85. The smallest absolute Gasteiger partial charge is 0.328 e. The monoisotopic (exact) mass is 323 g/mol. The highest BCUT2D eigenvalue weighted by atomic mass is 79.9. The third kappa shape index (κ3) is 2.86. The van der Waals surface area contributed by atoms with Gasteiger partial charge in [0, 0.05) is 16.1 Å². The first kappa shape index (κ1) is 13.0. The van der Waals surface area contributed by atoms with E-state index in [9.17, 15) is 4.79 Å². The van der Waals surface area contributed by atoms with Crippen LogP contribution in [0.15, 0.2) is 34.8 Å². The van der Waals surface area contributed by atoms with Crippen LogP contribution in [-0.4, -0.2) is 16.1 Å². The van der Waals surface area contributed by atoms with E-state index in [0.29, 0.717) is 0 Å². The fourth-order valence-corrected chi connectivity index (χ4v) is 3.07. The molecule has 5 heteroatoms. The van der Waals surface area contributed by atoms with Crippen LogP contribution in [-0.2, 0) is 4.79 Å². The lowest BCUT2D eigenvalue weighted by Gasteiger charge is -1.98. The van der Waals surface area contributed by atoms with Crippen LogP contribution < -0.4 is 0 Å². The molecule has 0 aliphatic heterocycles. The summed E-state index contributed by atoms with van der Waals surface area (Å²) in [5, 5.41) is 9.50. The molecule has 0 bridgehead atoms. The van der Waals surface area contributed by atoms with E-state index in [1.165, 1.54) is 11.3 Å². The highest BCUT2D eigenvalue weighted by Gasteiger charge is 2.09. The van der Waals surface area contributed by atoms with E-state index >= 15 is 0 Å². The van der Waals surface area contributed by atoms with Crippen LogP contribution in [0.3, 0.4) is 0 Å². The highest BCUT2D eigenvalue weighted by Crippen LogP contribution is 2.33. The Kier molecular flexibility index (Phi) is 3.93. The van der Waals surface area contributed by atoms with E-state index in [-0.39, 0.29) is 0 Å². The molecular formula is C13H10BrNO2S. The average molecular weight is 324 g/mol. The number of halogens is 1. The number of carboxylic acids is 1. The minimum atomic E-state index is -0.953. The zero-order valence-electron chi connectivity index (χ0n) is 9.55. The number of aliphatic carboxylic acids is 1. The van der Waals surface area contributed by atoms with Gasteiger partial charge in [0.15, 0.2) is 0 Å². The average Bonchev–Trinajstić information content (AvgIpc) is 2.68. The van der Waals surface area contributed by atoms with Gasteiger partial charge >= 0.3 is 5.97 Å². The van der Waals surface area contributed by atoms with E-state index in [4.69, 9.17) is 5.11 Å². The number of hydrogen-bond acceptors (Lipinski definition) is 3. The Labute approximate surface area is 117 Å². The minimum absolute atomic E-state index is 0.836. The Hall–Kier alpha value is -1.46. The second kappa shape index (κ2) is 5.46. The van der Waals surface area contributed by atoms with Gasteiger partial charge in [-0.1, -0.05) is 34.1 Å². The molecule has 1 heterocycles. The van der Waals surface area contributed by atoms with Crippen molar-refractivity contribution < 1.29 is 9.90 Å². The van der Waals surface area contributed by atoms with Gasteiger partial charge in [-0.15, -0.1) is 11.3 Å². The maximum Gasteiger partial charge on any atom is 0.328 e. The Bertz CT molecular complexity index is 619. The largest absolute Gasteiger partial charge is 0.478 e. The first-order valence-electron chi connectivity index (χ1n) is 5.21. The summed E-state index contributed by atoms with van der Waals surface area (Å²) >= 11 is 4.96. The molecule has 92 valence electrons. The first-order chi connectivity index (χ1) is 8.58. The zero-order chi connectivity index (χ0) is 13.1. The molecule has 2 rings (SSSR count). The van der Waals surface area contributed by atoms with E-state index in [0.717, 1.165) is 31.7 Å². The summed E-state index contributed by atoms with van der Waals surface area (Å²) in [4.78, 5) is 15.8. The number of thiazole rings is 1. The summed E-state index contributed by atoms with van der Waals surface area (Å²) in [6, 6.07) is 7.83. The van der Waals surface area contributed by atoms with Gasteiger partial charge in [-0.05, 0) is 19.1 Å². The molecule has 3 nitrogen and oxygen atoms in total. The second-order valence-corrected chi connectivity index (χ2v) is 5.51. The summed E-state index contributed by atoms with van der Waals surface area (Å²) in [7, 11) is 0. The minimum Gasteiger partial charge on any atom is -0.478 e. The zero-order valence-corrected chi connectivity index (χ0v) is 12.0. The number of aryl methyl sites for hydroxylation is 1. The molecule has 0 atom stereocenters. The second-order valence-electron chi connectivity index (χ2n) is 3.62. The number of benzene rings is 1. The lowest BCUT2D eigenvalue weighted by molar-refractivity contribution is -0.131. The van der Waals surface area contributed by atoms with Crippen molar-refractivity contribution in [1.29, 1.82) is 0 Å². The number of carboxylic acid groups (broad SMARTS) is 1. The number of rotatable bonds is 3. The van der Waals surface area contributed by atoms with Crippen molar-refractivity contribution in [3.63, 3.8) is 0 Å². The first-order valence-corrected chi connectivity index (χ1v) is 6.82. The van der Waals surface area contributed by atoms with Crippen LogP contribution >= 0.6 is 27.3 Å². The fraction of sp³-hybridized carbons (Fsp3) is 0.0769. The van der Waals surface area contributed by atoms with E-state index in [2.05, 4.69) is 20.9 Å². The summed E-state index contributed by atoms with van der Waals surface area (Å²) in [5.74, 6) is -0.953. The molecule has 0 aliphatic rings. The van der Waals surface area contributed by atoms with Gasteiger partial charge in [0.2, 0.25) is 0 Å². The number of carbonyl (C=O) groups is 1. The molecule has 1 N–H and O–H groups in total. The van der Waals surface area contributed by atoms with Gasteiger partial charge in [0.05, 0.1) is 10.6 Å². The van der Waals surface area contributed by atoms with Gasteiger partial charge in [-0.2, -0.15) is 0 Å². The standard InChI is InChI=1S/C13H10BrNO2S/c1-8-11(6-7-12(16)17)18-13(15-8)9-4-2-3-5-10(9)14/h2-7H,1H3,(H,16,17)/b7-6+. The molecular weight excluding hydrogens is 314 g/mol. The predicted octanol–water partition coefficient (Wildman–Crippen LogP) is 3.98. The summed E-state index contributed by atoms with van der Waals surface area (Å²) in [6.45, 7) is 1.87. The van der Waals surface area contributed by atoms with E-state index in [1.54, 1.807) is 6.08 Å². The number of aromatic nitrogens is 1. The summed E-state index contributed by atoms with van der Waals surface area (Å²) in [5.41, 5.74) is 1.85. The molecule has 0 radical (unpaired) electrons. The molecule has 0 saturated heterocycles. The predicted molar refractivity (Wildman–Crippen MR) is 76.7 cm³/mol. The molecule has 1 aromatic carbocycles. The quantitative estimate of drug-likeness (QED) is 0.869. The van der Waals surface area contributed by atoms with Gasteiger partial charge in [-0.25, -0.2) is 9.78 Å². The molecule has 0 saturated carbocycles. The van der Waals surface area contributed by atoms with Gasteiger partial charge in [0.1, 0.15) is 5.01 Å². The van der Waals surface area contributed by atoms with Crippen molar-refractivity contribution in [2.24, 2.45) is 0 Å². The van der Waals surface area contributed by atoms with Gasteiger partial charge < -0.3 is 5.11 Å². The SMILES string of the molecule is Cc1nc(-c2ccccc2Br)sc1/C=C/C(=O)O. The molecule has 1 aromatic heterocycles. The molecule has 0 aliphatic carbocycles. The Morgan fingerprint density at radius 2 is 2.17 bits per heavy atom. The van der Waals surface area contributed by atoms with E-state index < -0.39 is 5.97 Å². The topological polar surface area (TPSA) is 50.2 Å².